The number of benzene rings is 2. The third-order valence-electron chi connectivity index (χ3n) is 4.38. The number of carbonyl (C=O) groups excluding carboxylic acids is 2. The summed E-state index contributed by atoms with van der Waals surface area (Å²) in [7, 11) is 0. The van der Waals surface area contributed by atoms with Crippen molar-refractivity contribution in [1.29, 1.82) is 0 Å². The van der Waals surface area contributed by atoms with Gasteiger partial charge in [-0.15, -0.1) is 0 Å². The molecule has 1 aliphatic heterocycles. The third-order valence-corrected chi connectivity index (χ3v) is 4.38. The fourth-order valence-corrected chi connectivity index (χ4v) is 3.05. The van der Waals surface area contributed by atoms with E-state index >= 15 is 0 Å². The molecular formula is C21H18N4O2. The Kier molecular flexibility index (Phi) is 4.53. The molecule has 2 N–H and O–H groups in total. The first kappa shape index (κ1) is 16.8. The Bertz CT molecular complexity index is 1020. The molecule has 6 nitrogen and oxygen atoms in total. The molecule has 4 rings (SSSR count). The number of nitrogens with one attached hydrogen (secondary N) is 2. The minimum Gasteiger partial charge on any atom is -0.336 e. The predicted molar refractivity (Wildman–Crippen MR) is 107 cm³/mol. The first-order chi connectivity index (χ1) is 13.2. The van der Waals surface area contributed by atoms with Crippen LogP contribution in [-0.2, 0) is 4.79 Å². The highest BCUT2D eigenvalue weighted by atomic mass is 16.2. The maximum Gasteiger partial charge on any atom is 0.321 e. The highest BCUT2D eigenvalue weighted by molar-refractivity contribution is 6.03. The minimum absolute atomic E-state index is 0.0987. The summed E-state index contributed by atoms with van der Waals surface area (Å²) in [4.78, 5) is 29.9. The van der Waals surface area contributed by atoms with Gasteiger partial charge in [-0.1, -0.05) is 24.3 Å². The van der Waals surface area contributed by atoms with E-state index in [4.69, 9.17) is 0 Å². The molecule has 0 spiro atoms. The summed E-state index contributed by atoms with van der Waals surface area (Å²) in [5.74, 6) is -0.227. The summed E-state index contributed by atoms with van der Waals surface area (Å²) in [6.45, 7) is 1.29. The average Bonchev–Trinajstić information content (AvgIpc) is 3.13. The van der Waals surface area contributed by atoms with Gasteiger partial charge in [-0.05, 0) is 36.4 Å². The van der Waals surface area contributed by atoms with E-state index in [9.17, 15) is 9.59 Å². The van der Waals surface area contributed by atoms with Gasteiger partial charge in [-0.3, -0.25) is 14.7 Å². The molecule has 2 heterocycles. The molecule has 1 saturated heterocycles. The summed E-state index contributed by atoms with van der Waals surface area (Å²) in [6, 6.07) is 16.8. The molecule has 0 atom stereocenters. The molecule has 27 heavy (non-hydrogen) atoms. The number of fused-ring (bicyclic) bond motifs is 1. The largest absolute Gasteiger partial charge is 0.336 e. The molecule has 1 aliphatic rings. The Labute approximate surface area is 156 Å². The molecular weight excluding hydrogens is 340 g/mol. The van der Waals surface area contributed by atoms with Gasteiger partial charge in [-0.25, -0.2) is 4.79 Å². The first-order valence-corrected chi connectivity index (χ1v) is 8.69. The molecule has 1 fully saturated rings. The lowest BCUT2D eigenvalue weighted by Crippen LogP contribution is -2.27. The maximum atomic E-state index is 12.2. The van der Waals surface area contributed by atoms with Gasteiger partial charge in [0.25, 0.3) is 0 Å². The number of rotatable bonds is 4. The van der Waals surface area contributed by atoms with Crippen LogP contribution in [0.15, 0.2) is 66.9 Å². The highest BCUT2D eigenvalue weighted by Crippen LogP contribution is 2.20. The zero-order valence-corrected chi connectivity index (χ0v) is 14.6. The number of nitrogens with zero attached hydrogens (tertiary/aromatic N) is 2. The van der Waals surface area contributed by atoms with Gasteiger partial charge < -0.3 is 10.6 Å². The SMILES string of the molecule is O=C(/C=C/c1cccc2cccnc12)Nc1ccc(N2CCNC2=O)cc1. The zero-order valence-electron chi connectivity index (χ0n) is 14.6. The second kappa shape index (κ2) is 7.29. The van der Waals surface area contributed by atoms with Crippen molar-refractivity contribution >= 4 is 40.3 Å². The van der Waals surface area contributed by atoms with Crippen molar-refractivity contribution in [3.63, 3.8) is 0 Å². The van der Waals surface area contributed by atoms with Crippen LogP contribution in [-0.4, -0.2) is 30.0 Å². The molecule has 0 bridgehead atoms. The lowest BCUT2D eigenvalue weighted by Gasteiger charge is -2.14. The van der Waals surface area contributed by atoms with Crippen LogP contribution in [0.5, 0.6) is 0 Å². The predicted octanol–water partition coefficient (Wildman–Crippen LogP) is 3.42. The van der Waals surface area contributed by atoms with Crippen LogP contribution in [0.25, 0.3) is 17.0 Å². The van der Waals surface area contributed by atoms with Crippen LogP contribution in [0.1, 0.15) is 5.56 Å². The van der Waals surface area contributed by atoms with Gasteiger partial charge >= 0.3 is 6.03 Å². The minimum atomic E-state index is -0.227. The van der Waals surface area contributed by atoms with E-state index in [0.717, 1.165) is 22.2 Å². The average molecular weight is 358 g/mol. The van der Waals surface area contributed by atoms with E-state index < -0.39 is 0 Å². The van der Waals surface area contributed by atoms with Gasteiger partial charge in [0, 0.05) is 47.7 Å². The number of anilines is 2. The highest BCUT2D eigenvalue weighted by Gasteiger charge is 2.20. The Hall–Kier alpha value is -3.67. The number of urea groups is 1. The van der Waals surface area contributed by atoms with E-state index in [0.29, 0.717) is 18.8 Å². The Morgan fingerprint density at radius 1 is 1.11 bits per heavy atom. The lowest BCUT2D eigenvalue weighted by molar-refractivity contribution is -0.111. The van der Waals surface area contributed by atoms with Gasteiger partial charge in [-0.2, -0.15) is 0 Å². The standard InChI is InChI=1S/C21H18N4O2/c26-19(11-6-16-4-1-3-15-5-2-12-22-20(15)16)24-17-7-9-18(10-8-17)25-14-13-23-21(25)27/h1-12H,13-14H2,(H,23,27)(H,24,26)/b11-6+. The van der Waals surface area contributed by atoms with Crippen LogP contribution in [0, 0.1) is 0 Å². The molecule has 0 saturated carbocycles. The third kappa shape index (κ3) is 3.64. The fourth-order valence-electron chi connectivity index (χ4n) is 3.05. The molecule has 0 aliphatic carbocycles. The van der Waals surface area contributed by atoms with Crippen molar-refractivity contribution in [3.05, 3.63) is 72.4 Å². The van der Waals surface area contributed by atoms with E-state index in [1.165, 1.54) is 6.08 Å². The summed E-state index contributed by atoms with van der Waals surface area (Å²) in [5.41, 5.74) is 3.22. The van der Waals surface area contributed by atoms with Crippen LogP contribution < -0.4 is 15.5 Å². The second-order valence-electron chi connectivity index (χ2n) is 6.18. The van der Waals surface area contributed by atoms with E-state index in [1.54, 1.807) is 29.3 Å². The van der Waals surface area contributed by atoms with E-state index in [1.807, 2.05) is 42.5 Å². The number of hydrogen-bond donors (Lipinski definition) is 2. The number of amides is 3. The Morgan fingerprint density at radius 3 is 2.70 bits per heavy atom. The van der Waals surface area contributed by atoms with Gasteiger partial charge in [0.2, 0.25) is 5.91 Å². The molecule has 0 radical (unpaired) electrons. The molecule has 3 amide bonds. The van der Waals surface area contributed by atoms with Crippen molar-refractivity contribution in [1.82, 2.24) is 10.3 Å². The summed E-state index contributed by atoms with van der Waals surface area (Å²) in [6.07, 6.45) is 4.99. The molecule has 2 aromatic carbocycles. The van der Waals surface area contributed by atoms with Gasteiger partial charge in [0.05, 0.1) is 5.52 Å². The first-order valence-electron chi connectivity index (χ1n) is 8.69. The van der Waals surface area contributed by atoms with Crippen LogP contribution in [0.4, 0.5) is 16.2 Å². The van der Waals surface area contributed by atoms with E-state index in [-0.39, 0.29) is 11.9 Å². The maximum absolute atomic E-state index is 12.2. The van der Waals surface area contributed by atoms with Crippen LogP contribution in [0.3, 0.4) is 0 Å². The number of carbonyl (C=O) groups is 2. The zero-order chi connectivity index (χ0) is 18.6. The quantitative estimate of drug-likeness (QED) is 0.702. The van der Waals surface area contributed by atoms with Crippen molar-refractivity contribution in [2.75, 3.05) is 23.3 Å². The van der Waals surface area contributed by atoms with Crippen molar-refractivity contribution in [2.24, 2.45) is 0 Å². The Morgan fingerprint density at radius 2 is 1.93 bits per heavy atom. The topological polar surface area (TPSA) is 74.3 Å². The second-order valence-corrected chi connectivity index (χ2v) is 6.18. The smallest absolute Gasteiger partial charge is 0.321 e. The summed E-state index contributed by atoms with van der Waals surface area (Å²) in [5, 5.41) is 6.62. The Balaban J connectivity index is 1.44. The van der Waals surface area contributed by atoms with Crippen LogP contribution in [0.2, 0.25) is 0 Å². The van der Waals surface area contributed by atoms with Crippen molar-refractivity contribution in [3.8, 4) is 0 Å². The normalized spacial score (nSPS) is 13.9. The number of aromatic nitrogens is 1. The number of pyridine rings is 1. The van der Waals surface area contributed by atoms with Gasteiger partial charge in [0.1, 0.15) is 0 Å². The van der Waals surface area contributed by atoms with Crippen LogP contribution >= 0.6 is 0 Å². The molecule has 134 valence electrons. The molecule has 1 aromatic heterocycles. The monoisotopic (exact) mass is 358 g/mol. The summed E-state index contributed by atoms with van der Waals surface area (Å²) < 4.78 is 0. The lowest BCUT2D eigenvalue weighted by atomic mass is 10.1. The summed E-state index contributed by atoms with van der Waals surface area (Å²) >= 11 is 0. The number of hydrogen-bond acceptors (Lipinski definition) is 3. The molecule has 0 unspecified atom stereocenters. The van der Waals surface area contributed by atoms with Crippen molar-refractivity contribution < 1.29 is 9.59 Å². The molecule has 3 aromatic rings. The number of para-hydroxylation sites is 1. The fraction of sp³-hybridized carbons (Fsp3) is 0.0952. The van der Waals surface area contributed by atoms with E-state index in [2.05, 4.69) is 15.6 Å². The molecule has 6 heteroatoms. The van der Waals surface area contributed by atoms with Gasteiger partial charge in [0.15, 0.2) is 0 Å². The van der Waals surface area contributed by atoms with Crippen molar-refractivity contribution in [2.45, 2.75) is 0 Å².